The Labute approximate surface area is 168 Å². The summed E-state index contributed by atoms with van der Waals surface area (Å²) in [6.07, 6.45) is 1.96. The number of hydrogen-bond acceptors (Lipinski definition) is 1. The molecule has 0 atom stereocenters. The molecule has 2 heteroatoms. The molecule has 1 heterocycles. The molecule has 5 aromatic rings. The Kier molecular flexibility index (Phi) is 4.02. The van der Waals surface area contributed by atoms with Gasteiger partial charge in [-0.3, -0.25) is 0 Å². The van der Waals surface area contributed by atoms with Gasteiger partial charge in [-0.2, -0.15) is 0 Å². The molecule has 1 aromatic heterocycles. The quantitative estimate of drug-likeness (QED) is 0.227. The van der Waals surface area contributed by atoms with E-state index in [9.17, 15) is 0 Å². The van der Waals surface area contributed by atoms with E-state index >= 15 is 0 Å². The van der Waals surface area contributed by atoms with E-state index in [-0.39, 0.29) is 0 Å². The Morgan fingerprint density at radius 1 is 0.607 bits per heavy atom. The van der Waals surface area contributed by atoms with Crippen molar-refractivity contribution in [3.8, 4) is 11.3 Å². The third-order valence-corrected chi connectivity index (χ3v) is 9.87. The second-order valence-electron chi connectivity index (χ2n) is 8.54. The molecule has 0 aliphatic heterocycles. The molecule has 136 valence electrons. The van der Waals surface area contributed by atoms with Crippen LogP contribution in [0.1, 0.15) is 0 Å². The molecule has 0 spiro atoms. The monoisotopic (exact) mass is 423 g/mol. The Bertz CT molecular complexity index is 1350. The van der Waals surface area contributed by atoms with Crippen LogP contribution in [0.4, 0.5) is 0 Å². The summed E-state index contributed by atoms with van der Waals surface area (Å²) < 4.78 is 1.55. The zero-order valence-corrected chi connectivity index (χ0v) is 18.6. The van der Waals surface area contributed by atoms with Gasteiger partial charge in [0.05, 0.1) is 0 Å². The van der Waals surface area contributed by atoms with Gasteiger partial charge in [0, 0.05) is 0 Å². The fourth-order valence-corrected chi connectivity index (χ4v) is 7.64. The normalized spacial score (nSPS) is 12.1. The summed E-state index contributed by atoms with van der Waals surface area (Å²) in [7, 11) is 0. The molecule has 0 bridgehead atoms. The van der Waals surface area contributed by atoms with Gasteiger partial charge in [0.15, 0.2) is 0 Å². The van der Waals surface area contributed by atoms with Crippen molar-refractivity contribution in [2.24, 2.45) is 0 Å². The van der Waals surface area contributed by atoms with Gasteiger partial charge < -0.3 is 0 Å². The van der Waals surface area contributed by atoms with Gasteiger partial charge in [0.2, 0.25) is 0 Å². The van der Waals surface area contributed by atoms with Crippen molar-refractivity contribution in [2.75, 3.05) is 0 Å². The molecule has 0 aliphatic rings. The standard InChI is InChI=1S/C26H23GeN/c1-27(2,3)25-17-20(16-19-9-5-7-11-22(19)25)26-24-13-12-18-8-4-6-10-21(18)23(24)14-15-28-26/h4-17H,1-3H3. The summed E-state index contributed by atoms with van der Waals surface area (Å²) in [5.74, 6) is 7.40. The van der Waals surface area contributed by atoms with Gasteiger partial charge in [-0.15, -0.1) is 0 Å². The van der Waals surface area contributed by atoms with E-state index in [1.54, 1.807) is 4.40 Å². The average molecular weight is 422 g/mol. The van der Waals surface area contributed by atoms with Crippen molar-refractivity contribution in [2.45, 2.75) is 17.3 Å². The minimum absolute atomic E-state index is 1.09. The first-order valence-electron chi connectivity index (χ1n) is 9.82. The Morgan fingerprint density at radius 3 is 2.11 bits per heavy atom. The van der Waals surface area contributed by atoms with E-state index in [2.05, 4.69) is 96.1 Å². The number of pyridine rings is 1. The Hall–Kier alpha value is -2.65. The Morgan fingerprint density at radius 2 is 1.32 bits per heavy atom. The first-order chi connectivity index (χ1) is 13.5. The average Bonchev–Trinajstić information content (AvgIpc) is 2.71. The molecular formula is C26H23GeN. The summed E-state index contributed by atoms with van der Waals surface area (Å²) in [5, 5.41) is 7.78. The van der Waals surface area contributed by atoms with Crippen molar-refractivity contribution in [3.63, 3.8) is 0 Å². The molecule has 5 rings (SSSR count). The van der Waals surface area contributed by atoms with E-state index < -0.39 is 13.3 Å². The molecule has 28 heavy (non-hydrogen) atoms. The zero-order chi connectivity index (χ0) is 19.3. The van der Waals surface area contributed by atoms with E-state index in [1.807, 2.05) is 6.20 Å². The molecule has 0 unspecified atom stereocenters. The van der Waals surface area contributed by atoms with Crippen LogP contribution in [0.3, 0.4) is 0 Å². The number of hydrogen-bond donors (Lipinski definition) is 0. The second-order valence-corrected chi connectivity index (χ2v) is 19.1. The summed E-state index contributed by atoms with van der Waals surface area (Å²) >= 11 is -2.05. The van der Waals surface area contributed by atoms with Crippen LogP contribution in [0.15, 0.2) is 85.1 Å². The van der Waals surface area contributed by atoms with Crippen molar-refractivity contribution in [1.82, 2.24) is 4.98 Å². The van der Waals surface area contributed by atoms with Crippen molar-refractivity contribution >= 4 is 50.0 Å². The zero-order valence-electron chi connectivity index (χ0n) is 16.5. The topological polar surface area (TPSA) is 12.9 Å². The van der Waals surface area contributed by atoms with Crippen LogP contribution in [0.2, 0.25) is 17.3 Å². The van der Waals surface area contributed by atoms with E-state index in [4.69, 9.17) is 4.98 Å². The number of aromatic nitrogens is 1. The Balaban J connectivity index is 1.86. The van der Waals surface area contributed by atoms with E-state index in [1.165, 1.54) is 37.9 Å². The number of nitrogens with zero attached hydrogens (tertiary/aromatic N) is 1. The molecule has 0 saturated carbocycles. The predicted octanol–water partition coefficient (Wildman–Crippen LogP) is 6.75. The van der Waals surface area contributed by atoms with Crippen LogP contribution in [-0.4, -0.2) is 18.3 Å². The molecule has 0 fully saturated rings. The van der Waals surface area contributed by atoms with Gasteiger partial charge in [-0.1, -0.05) is 0 Å². The molecule has 0 amide bonds. The first-order valence-corrected chi connectivity index (χ1v) is 17.2. The fraction of sp³-hybridized carbons (Fsp3) is 0.115. The van der Waals surface area contributed by atoms with Crippen molar-refractivity contribution in [3.05, 3.63) is 85.1 Å². The van der Waals surface area contributed by atoms with Gasteiger partial charge in [0.1, 0.15) is 0 Å². The maximum atomic E-state index is 4.83. The molecule has 0 saturated heterocycles. The number of fused-ring (bicyclic) bond motifs is 4. The maximum absolute atomic E-state index is 4.83. The predicted molar refractivity (Wildman–Crippen MR) is 125 cm³/mol. The molecule has 0 N–H and O–H groups in total. The summed E-state index contributed by atoms with van der Waals surface area (Å²) in [6.45, 7) is 0. The number of rotatable bonds is 2. The molecular weight excluding hydrogens is 399 g/mol. The van der Waals surface area contributed by atoms with Crippen LogP contribution < -0.4 is 4.40 Å². The summed E-state index contributed by atoms with van der Waals surface area (Å²) in [5.41, 5.74) is 2.32. The SMILES string of the molecule is [CH3][Ge]([CH3])([CH3])[c]1cc(-c2nccc3c2ccc2ccccc23)cc2ccccc12. The van der Waals surface area contributed by atoms with Crippen LogP contribution in [0.5, 0.6) is 0 Å². The third kappa shape index (κ3) is 2.82. The van der Waals surface area contributed by atoms with E-state index in [0.29, 0.717) is 0 Å². The van der Waals surface area contributed by atoms with Crippen LogP contribution in [-0.2, 0) is 0 Å². The van der Waals surface area contributed by atoms with E-state index in [0.717, 1.165) is 5.69 Å². The van der Waals surface area contributed by atoms with Gasteiger partial charge in [-0.25, -0.2) is 0 Å². The molecule has 1 nitrogen and oxygen atoms in total. The van der Waals surface area contributed by atoms with Crippen molar-refractivity contribution in [1.29, 1.82) is 0 Å². The minimum atomic E-state index is -2.05. The van der Waals surface area contributed by atoms with Gasteiger partial charge >= 0.3 is 169 Å². The molecule has 0 radical (unpaired) electrons. The number of benzene rings is 4. The van der Waals surface area contributed by atoms with Crippen LogP contribution >= 0.6 is 0 Å². The van der Waals surface area contributed by atoms with Gasteiger partial charge in [0.25, 0.3) is 0 Å². The molecule has 4 aromatic carbocycles. The van der Waals surface area contributed by atoms with Crippen LogP contribution in [0.25, 0.3) is 43.6 Å². The second kappa shape index (κ2) is 6.46. The third-order valence-electron chi connectivity index (χ3n) is 5.61. The summed E-state index contributed by atoms with van der Waals surface area (Å²) in [4.78, 5) is 4.83. The van der Waals surface area contributed by atoms with Crippen LogP contribution in [0, 0.1) is 0 Å². The van der Waals surface area contributed by atoms with Crippen molar-refractivity contribution < 1.29 is 0 Å². The first kappa shape index (κ1) is 17.5. The summed E-state index contributed by atoms with van der Waals surface area (Å²) in [6, 6.07) is 28.7. The van der Waals surface area contributed by atoms with Gasteiger partial charge in [-0.05, 0) is 0 Å². The molecule has 0 aliphatic carbocycles. The fourth-order valence-electron chi connectivity index (χ4n) is 4.24.